The maximum atomic E-state index is 10.8. The average molecular weight is 230 g/mol. The minimum atomic E-state index is -3.34. The van der Waals surface area contributed by atoms with Gasteiger partial charge < -0.3 is 5.73 Å². The van der Waals surface area contributed by atoms with Crippen LogP contribution in [0.25, 0.3) is 0 Å². The minimum Gasteiger partial charge on any atom is -0.325 e. The van der Waals surface area contributed by atoms with Crippen molar-refractivity contribution in [3.63, 3.8) is 0 Å². The van der Waals surface area contributed by atoms with Crippen LogP contribution in [0.15, 0.2) is 0 Å². The van der Waals surface area contributed by atoms with Crippen LogP contribution in [0.5, 0.6) is 0 Å². The SMILES string of the molecule is CS(=O)(=O)OC1CCCCC1N.Cl. The van der Waals surface area contributed by atoms with Crippen LogP contribution in [-0.4, -0.2) is 26.8 Å². The number of rotatable bonds is 2. The highest BCUT2D eigenvalue weighted by Gasteiger charge is 2.25. The zero-order chi connectivity index (χ0) is 9.19. The Morgan fingerprint density at radius 1 is 1.31 bits per heavy atom. The molecule has 0 heterocycles. The molecule has 1 rings (SSSR count). The standard InChI is InChI=1S/C7H15NO3S.ClH/c1-12(9,10)11-7-5-3-2-4-6(7)8;/h6-7H,2-5,8H2,1H3;1H. The molecule has 0 radical (unpaired) electrons. The van der Waals surface area contributed by atoms with Gasteiger partial charge in [-0.15, -0.1) is 12.4 Å². The van der Waals surface area contributed by atoms with Gasteiger partial charge in [-0.2, -0.15) is 8.42 Å². The smallest absolute Gasteiger partial charge is 0.264 e. The molecule has 4 nitrogen and oxygen atoms in total. The molecule has 0 aromatic carbocycles. The second kappa shape index (κ2) is 5.14. The van der Waals surface area contributed by atoms with Crippen molar-refractivity contribution in [1.82, 2.24) is 0 Å². The number of hydrogen-bond donors (Lipinski definition) is 1. The fourth-order valence-electron chi connectivity index (χ4n) is 1.47. The lowest BCUT2D eigenvalue weighted by molar-refractivity contribution is 0.140. The maximum Gasteiger partial charge on any atom is 0.264 e. The minimum absolute atomic E-state index is 0. The van der Waals surface area contributed by atoms with Crippen molar-refractivity contribution >= 4 is 22.5 Å². The summed E-state index contributed by atoms with van der Waals surface area (Å²) in [6, 6.07) is -0.117. The molecule has 0 aliphatic heterocycles. The highest BCUT2D eigenvalue weighted by molar-refractivity contribution is 7.86. The van der Waals surface area contributed by atoms with E-state index in [9.17, 15) is 8.42 Å². The zero-order valence-electron chi connectivity index (χ0n) is 7.60. The monoisotopic (exact) mass is 229 g/mol. The van der Waals surface area contributed by atoms with Gasteiger partial charge in [0.05, 0.1) is 12.4 Å². The normalized spacial score (nSPS) is 29.4. The van der Waals surface area contributed by atoms with Gasteiger partial charge in [-0.05, 0) is 12.8 Å². The highest BCUT2D eigenvalue weighted by Crippen LogP contribution is 2.20. The third-order valence-electron chi connectivity index (χ3n) is 2.05. The lowest BCUT2D eigenvalue weighted by Gasteiger charge is -2.27. The van der Waals surface area contributed by atoms with Crippen molar-refractivity contribution in [3.8, 4) is 0 Å². The summed E-state index contributed by atoms with van der Waals surface area (Å²) in [4.78, 5) is 0. The second-order valence-corrected chi connectivity index (χ2v) is 4.89. The van der Waals surface area contributed by atoms with Crippen molar-refractivity contribution in [3.05, 3.63) is 0 Å². The predicted molar refractivity (Wildman–Crippen MR) is 53.4 cm³/mol. The van der Waals surface area contributed by atoms with Gasteiger partial charge in [0, 0.05) is 6.04 Å². The molecule has 0 saturated heterocycles. The van der Waals surface area contributed by atoms with E-state index >= 15 is 0 Å². The van der Waals surface area contributed by atoms with E-state index < -0.39 is 10.1 Å². The Balaban J connectivity index is 0.00000144. The molecule has 0 aromatic heterocycles. The van der Waals surface area contributed by atoms with Gasteiger partial charge in [-0.3, -0.25) is 4.18 Å². The Hall–Kier alpha value is 0.160. The van der Waals surface area contributed by atoms with Crippen LogP contribution in [0.1, 0.15) is 25.7 Å². The van der Waals surface area contributed by atoms with E-state index in [2.05, 4.69) is 0 Å². The quantitative estimate of drug-likeness (QED) is 0.707. The molecular weight excluding hydrogens is 214 g/mol. The van der Waals surface area contributed by atoms with E-state index in [4.69, 9.17) is 9.92 Å². The lowest BCUT2D eigenvalue weighted by atomic mass is 9.94. The molecule has 0 spiro atoms. The number of nitrogens with two attached hydrogens (primary N) is 1. The lowest BCUT2D eigenvalue weighted by Crippen LogP contribution is -2.40. The number of hydrogen-bond acceptors (Lipinski definition) is 4. The third-order valence-corrected chi connectivity index (χ3v) is 2.65. The van der Waals surface area contributed by atoms with Gasteiger partial charge in [0.15, 0.2) is 0 Å². The summed E-state index contributed by atoms with van der Waals surface area (Å²) in [5, 5.41) is 0. The molecule has 13 heavy (non-hydrogen) atoms. The molecule has 1 aliphatic rings. The summed E-state index contributed by atoms with van der Waals surface area (Å²) in [6.07, 6.45) is 4.47. The maximum absolute atomic E-state index is 10.8. The molecule has 1 aliphatic carbocycles. The van der Waals surface area contributed by atoms with Gasteiger partial charge in [0.25, 0.3) is 10.1 Å². The highest BCUT2D eigenvalue weighted by atomic mass is 35.5. The van der Waals surface area contributed by atoms with Crippen LogP contribution in [-0.2, 0) is 14.3 Å². The second-order valence-electron chi connectivity index (χ2n) is 3.29. The summed E-state index contributed by atoms with van der Waals surface area (Å²) in [5.74, 6) is 0. The van der Waals surface area contributed by atoms with E-state index in [1.807, 2.05) is 0 Å². The molecule has 0 bridgehead atoms. The summed E-state index contributed by atoms with van der Waals surface area (Å²) in [6.45, 7) is 0. The third kappa shape index (κ3) is 4.81. The fourth-order valence-corrected chi connectivity index (χ4v) is 2.16. The van der Waals surface area contributed by atoms with E-state index in [1.165, 1.54) is 0 Å². The van der Waals surface area contributed by atoms with Crippen LogP contribution in [0.4, 0.5) is 0 Å². The van der Waals surface area contributed by atoms with Crippen molar-refractivity contribution < 1.29 is 12.6 Å². The van der Waals surface area contributed by atoms with Gasteiger partial charge in [-0.25, -0.2) is 0 Å². The van der Waals surface area contributed by atoms with E-state index in [-0.39, 0.29) is 24.6 Å². The topological polar surface area (TPSA) is 69.4 Å². The molecule has 0 amide bonds. The van der Waals surface area contributed by atoms with Gasteiger partial charge in [-0.1, -0.05) is 12.8 Å². The van der Waals surface area contributed by atoms with Crippen molar-refractivity contribution in [2.75, 3.05) is 6.26 Å². The molecule has 0 aromatic rings. The van der Waals surface area contributed by atoms with E-state index in [0.29, 0.717) is 0 Å². The Kier molecular flexibility index (Phi) is 5.21. The number of halogens is 1. The summed E-state index contributed by atoms with van der Waals surface area (Å²) < 4.78 is 26.4. The van der Waals surface area contributed by atoms with Crippen molar-refractivity contribution in [1.29, 1.82) is 0 Å². The molecule has 1 saturated carbocycles. The Morgan fingerprint density at radius 2 is 1.85 bits per heavy atom. The van der Waals surface area contributed by atoms with Crippen LogP contribution in [0.3, 0.4) is 0 Å². The molecule has 6 heteroatoms. The first kappa shape index (κ1) is 13.2. The van der Waals surface area contributed by atoms with Crippen LogP contribution in [0, 0.1) is 0 Å². The van der Waals surface area contributed by atoms with E-state index in [1.54, 1.807) is 0 Å². The van der Waals surface area contributed by atoms with Crippen molar-refractivity contribution in [2.24, 2.45) is 5.73 Å². The van der Waals surface area contributed by atoms with Crippen LogP contribution >= 0.6 is 12.4 Å². The molecule has 2 unspecified atom stereocenters. The zero-order valence-corrected chi connectivity index (χ0v) is 9.23. The first-order valence-electron chi connectivity index (χ1n) is 4.13. The largest absolute Gasteiger partial charge is 0.325 e. The Bertz CT molecular complexity index is 242. The molecular formula is C7H16ClNO3S. The molecule has 1 fully saturated rings. The van der Waals surface area contributed by atoms with Gasteiger partial charge in [0.1, 0.15) is 0 Å². The Labute approximate surface area is 85.4 Å². The molecule has 80 valence electrons. The first-order valence-corrected chi connectivity index (χ1v) is 5.94. The summed E-state index contributed by atoms with van der Waals surface area (Å²) in [5.41, 5.74) is 5.70. The Morgan fingerprint density at radius 3 is 2.31 bits per heavy atom. The average Bonchev–Trinajstić information content (AvgIpc) is 1.91. The van der Waals surface area contributed by atoms with Crippen molar-refractivity contribution in [2.45, 2.75) is 37.8 Å². The summed E-state index contributed by atoms with van der Waals surface area (Å²) >= 11 is 0. The fraction of sp³-hybridized carbons (Fsp3) is 1.00. The predicted octanol–water partition coefficient (Wildman–Crippen LogP) is 0.654. The molecule has 2 atom stereocenters. The van der Waals surface area contributed by atoms with Crippen LogP contribution in [0.2, 0.25) is 0 Å². The first-order chi connectivity index (χ1) is 5.49. The van der Waals surface area contributed by atoms with Crippen LogP contribution < -0.4 is 5.73 Å². The summed E-state index contributed by atoms with van der Waals surface area (Å²) in [7, 11) is -3.34. The van der Waals surface area contributed by atoms with Gasteiger partial charge in [0.2, 0.25) is 0 Å². The van der Waals surface area contributed by atoms with Gasteiger partial charge >= 0.3 is 0 Å². The molecule has 2 N–H and O–H groups in total. The van der Waals surface area contributed by atoms with E-state index in [0.717, 1.165) is 31.9 Å².